The highest BCUT2D eigenvalue weighted by Crippen LogP contribution is 2.12. The number of fused-ring (bicyclic) bond motifs is 1. The van der Waals surface area contributed by atoms with E-state index in [1.165, 1.54) is 4.40 Å². The second-order valence-corrected chi connectivity index (χ2v) is 6.82. The fourth-order valence-corrected chi connectivity index (χ4v) is 2.88. The molecule has 6 nitrogen and oxygen atoms in total. The van der Waals surface area contributed by atoms with Crippen molar-refractivity contribution in [3.8, 4) is 0 Å². The van der Waals surface area contributed by atoms with E-state index in [0.717, 1.165) is 24.3 Å². The van der Waals surface area contributed by atoms with Crippen molar-refractivity contribution in [2.45, 2.75) is 39.9 Å². The lowest BCUT2D eigenvalue weighted by molar-refractivity contribution is 0.268. The van der Waals surface area contributed by atoms with Crippen LogP contribution in [-0.2, 0) is 13.1 Å². The molecule has 0 bridgehead atoms. The SMILES string of the molecule is CCN(Cc1cnn(C(C)C)c1)Cc1cc(=O)n2cc(Cl)ccc2n1. The molecule has 0 atom stereocenters. The number of rotatable bonds is 6. The molecule has 0 unspecified atom stereocenters. The van der Waals surface area contributed by atoms with Crippen molar-refractivity contribution in [1.29, 1.82) is 0 Å². The highest BCUT2D eigenvalue weighted by atomic mass is 35.5. The summed E-state index contributed by atoms with van der Waals surface area (Å²) in [6.45, 7) is 8.54. The summed E-state index contributed by atoms with van der Waals surface area (Å²) in [5.41, 5.74) is 2.40. The van der Waals surface area contributed by atoms with Crippen LogP contribution in [-0.4, -0.2) is 30.6 Å². The van der Waals surface area contributed by atoms with Gasteiger partial charge in [-0.15, -0.1) is 0 Å². The summed E-state index contributed by atoms with van der Waals surface area (Å²) >= 11 is 5.95. The number of halogens is 1. The summed E-state index contributed by atoms with van der Waals surface area (Å²) in [6, 6.07) is 5.42. The average Bonchev–Trinajstić information content (AvgIpc) is 3.04. The van der Waals surface area contributed by atoms with Crippen LogP contribution in [0.5, 0.6) is 0 Å². The van der Waals surface area contributed by atoms with Gasteiger partial charge in [0.05, 0.1) is 16.9 Å². The van der Waals surface area contributed by atoms with Crippen LogP contribution in [0, 0.1) is 0 Å². The average molecular weight is 360 g/mol. The molecule has 0 fully saturated rings. The smallest absolute Gasteiger partial charge is 0.258 e. The molecule has 3 aromatic rings. The van der Waals surface area contributed by atoms with Crippen molar-refractivity contribution in [2.24, 2.45) is 0 Å². The van der Waals surface area contributed by atoms with Crippen molar-refractivity contribution < 1.29 is 0 Å². The molecule has 0 radical (unpaired) electrons. The Morgan fingerprint density at radius 1 is 1.24 bits per heavy atom. The lowest BCUT2D eigenvalue weighted by Crippen LogP contribution is -2.25. The lowest BCUT2D eigenvalue weighted by Gasteiger charge is -2.19. The molecule has 7 heteroatoms. The van der Waals surface area contributed by atoms with E-state index in [1.54, 1.807) is 24.4 Å². The Labute approximate surface area is 151 Å². The van der Waals surface area contributed by atoms with E-state index in [9.17, 15) is 4.79 Å². The monoisotopic (exact) mass is 359 g/mol. The highest BCUT2D eigenvalue weighted by Gasteiger charge is 2.10. The van der Waals surface area contributed by atoms with E-state index in [-0.39, 0.29) is 5.56 Å². The third-order valence-corrected chi connectivity index (χ3v) is 4.32. The first-order chi connectivity index (χ1) is 12.0. The van der Waals surface area contributed by atoms with Crippen LogP contribution in [0.15, 0.2) is 41.6 Å². The van der Waals surface area contributed by atoms with Crippen LogP contribution in [0.4, 0.5) is 0 Å². The maximum absolute atomic E-state index is 12.3. The Kier molecular flexibility index (Phi) is 5.20. The minimum Gasteiger partial charge on any atom is -0.293 e. The molecular formula is C18H22ClN5O. The molecule has 0 saturated heterocycles. The molecule has 0 aliphatic carbocycles. The maximum Gasteiger partial charge on any atom is 0.258 e. The minimum absolute atomic E-state index is 0.119. The van der Waals surface area contributed by atoms with Crippen molar-refractivity contribution in [2.75, 3.05) is 6.54 Å². The van der Waals surface area contributed by atoms with Gasteiger partial charge in [-0.3, -0.25) is 18.8 Å². The molecule has 0 saturated carbocycles. The molecule has 3 rings (SSSR count). The van der Waals surface area contributed by atoms with Gasteiger partial charge in [-0.05, 0) is 32.5 Å². The summed E-state index contributed by atoms with van der Waals surface area (Å²) in [7, 11) is 0. The van der Waals surface area contributed by atoms with E-state index in [4.69, 9.17) is 11.6 Å². The van der Waals surface area contributed by atoms with Gasteiger partial charge in [0.15, 0.2) is 0 Å². The maximum atomic E-state index is 12.3. The van der Waals surface area contributed by atoms with Gasteiger partial charge in [0, 0.05) is 43.2 Å². The van der Waals surface area contributed by atoms with Gasteiger partial charge in [0.1, 0.15) is 5.65 Å². The Morgan fingerprint density at radius 2 is 2.04 bits per heavy atom. The van der Waals surface area contributed by atoms with E-state index < -0.39 is 0 Å². The van der Waals surface area contributed by atoms with Gasteiger partial charge in [0.25, 0.3) is 5.56 Å². The van der Waals surface area contributed by atoms with Gasteiger partial charge in [-0.2, -0.15) is 5.10 Å². The van der Waals surface area contributed by atoms with Crippen LogP contribution < -0.4 is 5.56 Å². The third-order valence-electron chi connectivity index (χ3n) is 4.10. The van der Waals surface area contributed by atoms with Crippen molar-refractivity contribution in [1.82, 2.24) is 24.1 Å². The molecular weight excluding hydrogens is 338 g/mol. The molecule has 0 aliphatic heterocycles. The van der Waals surface area contributed by atoms with E-state index in [1.807, 2.05) is 10.9 Å². The first-order valence-electron chi connectivity index (χ1n) is 8.39. The predicted molar refractivity (Wildman–Crippen MR) is 98.9 cm³/mol. The van der Waals surface area contributed by atoms with Gasteiger partial charge in [-0.25, -0.2) is 4.98 Å². The molecule has 0 aliphatic rings. The molecule has 3 heterocycles. The zero-order valence-electron chi connectivity index (χ0n) is 14.7. The standard InChI is InChI=1S/C18H22ClN5O/c1-4-22(9-14-8-20-24(10-14)13(2)3)12-16-7-18(25)23-11-15(19)5-6-17(23)21-16/h5-8,10-11,13H,4,9,12H2,1-3H3. The van der Waals surface area contributed by atoms with Crippen LogP contribution in [0.3, 0.4) is 0 Å². The number of hydrogen-bond donors (Lipinski definition) is 0. The molecule has 0 spiro atoms. The van der Waals surface area contributed by atoms with E-state index >= 15 is 0 Å². The van der Waals surface area contributed by atoms with Gasteiger partial charge in [-0.1, -0.05) is 18.5 Å². The number of hydrogen-bond acceptors (Lipinski definition) is 4. The Hall–Kier alpha value is -2.18. The quantitative estimate of drug-likeness (QED) is 0.678. The molecule has 3 aromatic heterocycles. The largest absolute Gasteiger partial charge is 0.293 e. The summed E-state index contributed by atoms with van der Waals surface area (Å²) in [5, 5.41) is 4.90. The van der Waals surface area contributed by atoms with Gasteiger partial charge in [0.2, 0.25) is 0 Å². The van der Waals surface area contributed by atoms with Crippen molar-refractivity contribution in [3.63, 3.8) is 0 Å². The molecule has 0 aromatic carbocycles. The zero-order valence-corrected chi connectivity index (χ0v) is 15.4. The summed E-state index contributed by atoms with van der Waals surface area (Å²) in [4.78, 5) is 19.1. The van der Waals surface area contributed by atoms with E-state index in [2.05, 4.69) is 42.0 Å². The van der Waals surface area contributed by atoms with Gasteiger partial charge < -0.3 is 0 Å². The fourth-order valence-electron chi connectivity index (χ4n) is 2.72. The number of aromatic nitrogens is 4. The van der Waals surface area contributed by atoms with Crippen molar-refractivity contribution >= 4 is 17.2 Å². The van der Waals surface area contributed by atoms with E-state index in [0.29, 0.717) is 23.3 Å². The zero-order chi connectivity index (χ0) is 18.0. The topological polar surface area (TPSA) is 55.4 Å². The van der Waals surface area contributed by atoms with Crippen LogP contribution in [0.25, 0.3) is 5.65 Å². The molecule has 25 heavy (non-hydrogen) atoms. The Bertz CT molecular complexity index is 931. The normalized spacial score (nSPS) is 11.8. The molecule has 0 N–H and O–H groups in total. The minimum atomic E-state index is -0.119. The summed E-state index contributed by atoms with van der Waals surface area (Å²) in [6.07, 6.45) is 5.55. The van der Waals surface area contributed by atoms with Crippen molar-refractivity contribution in [3.05, 3.63) is 63.4 Å². The number of nitrogens with zero attached hydrogens (tertiary/aromatic N) is 5. The molecule has 0 amide bonds. The Balaban J connectivity index is 1.80. The second kappa shape index (κ2) is 7.37. The summed E-state index contributed by atoms with van der Waals surface area (Å²) < 4.78 is 3.42. The Morgan fingerprint density at radius 3 is 2.72 bits per heavy atom. The lowest BCUT2D eigenvalue weighted by atomic mass is 10.3. The van der Waals surface area contributed by atoms with Gasteiger partial charge >= 0.3 is 0 Å². The first-order valence-corrected chi connectivity index (χ1v) is 8.77. The molecule has 132 valence electrons. The predicted octanol–water partition coefficient (Wildman–Crippen LogP) is 3.15. The van der Waals surface area contributed by atoms with Crippen LogP contribution in [0.1, 0.15) is 38.1 Å². The fraction of sp³-hybridized carbons (Fsp3) is 0.389. The second-order valence-electron chi connectivity index (χ2n) is 6.39. The number of pyridine rings is 1. The summed E-state index contributed by atoms with van der Waals surface area (Å²) in [5.74, 6) is 0. The first kappa shape index (κ1) is 17.6. The third kappa shape index (κ3) is 4.08. The van der Waals surface area contributed by atoms with Crippen LogP contribution >= 0.6 is 11.6 Å². The van der Waals surface area contributed by atoms with Crippen LogP contribution in [0.2, 0.25) is 5.02 Å². The highest BCUT2D eigenvalue weighted by molar-refractivity contribution is 6.30.